The van der Waals surface area contributed by atoms with Gasteiger partial charge in [0.15, 0.2) is 5.78 Å². The molecule has 3 aliphatic rings. The largest absolute Gasteiger partial charge is 0.369 e. The minimum Gasteiger partial charge on any atom is -0.369 e. The zero-order chi connectivity index (χ0) is 26.2. The van der Waals surface area contributed by atoms with Crippen molar-refractivity contribution in [2.24, 2.45) is 17.3 Å². The molecule has 1 N–H and O–H groups in total. The van der Waals surface area contributed by atoms with Crippen molar-refractivity contribution in [1.29, 1.82) is 0 Å². The van der Waals surface area contributed by atoms with Crippen LogP contribution >= 0.6 is 0 Å². The van der Waals surface area contributed by atoms with Gasteiger partial charge in [-0.05, 0) is 49.1 Å². The Kier molecular flexibility index (Phi) is 7.76. The first kappa shape index (κ1) is 26.6. The summed E-state index contributed by atoms with van der Waals surface area (Å²) in [6, 6.07) is 6.36. The fraction of sp³-hybridized carbons (Fsp3) is 0.679. The number of likely N-dealkylation sites (N-methyl/N-ethyl adjacent to an activating group) is 1. The number of likely N-dealkylation sites (tertiary alicyclic amines) is 1. The molecular weight excluding hydrogens is 456 g/mol. The summed E-state index contributed by atoms with van der Waals surface area (Å²) < 4.78 is 5.80. The van der Waals surface area contributed by atoms with Crippen molar-refractivity contribution in [1.82, 2.24) is 15.1 Å². The number of nitrogens with zero attached hydrogens (tertiary/aromatic N) is 3. The highest BCUT2D eigenvalue weighted by molar-refractivity contribution is 5.99. The maximum Gasteiger partial charge on any atom is 0.251 e. The molecule has 1 aromatic rings. The Morgan fingerprint density at radius 3 is 2.31 bits per heavy atom. The lowest BCUT2D eigenvalue weighted by Gasteiger charge is -2.34. The number of benzene rings is 1. The molecule has 0 radical (unpaired) electrons. The molecule has 0 saturated carbocycles. The Hall–Kier alpha value is -2.45. The number of anilines is 1. The Morgan fingerprint density at radius 1 is 1.08 bits per heavy atom. The van der Waals surface area contributed by atoms with Crippen molar-refractivity contribution in [3.8, 4) is 0 Å². The van der Waals surface area contributed by atoms with Gasteiger partial charge in [0.25, 0.3) is 5.91 Å². The van der Waals surface area contributed by atoms with Crippen molar-refractivity contribution in [2.75, 3.05) is 51.3 Å². The smallest absolute Gasteiger partial charge is 0.251 e. The molecule has 3 fully saturated rings. The molecule has 36 heavy (non-hydrogen) atoms. The van der Waals surface area contributed by atoms with Crippen LogP contribution in [-0.4, -0.2) is 92.0 Å². The van der Waals surface area contributed by atoms with Gasteiger partial charge >= 0.3 is 0 Å². The number of ether oxygens (including phenoxy) is 1. The average Bonchev–Trinajstić information content (AvgIpc) is 3.38. The third-order valence-corrected chi connectivity index (χ3v) is 7.78. The van der Waals surface area contributed by atoms with Crippen molar-refractivity contribution >= 4 is 23.3 Å². The van der Waals surface area contributed by atoms with Crippen LogP contribution in [0.4, 0.5) is 5.69 Å². The molecule has 1 aromatic carbocycles. The third kappa shape index (κ3) is 5.75. The molecule has 4 rings (SSSR count). The van der Waals surface area contributed by atoms with Gasteiger partial charge in [0.2, 0.25) is 5.91 Å². The zero-order valence-corrected chi connectivity index (χ0v) is 22.6. The summed E-state index contributed by atoms with van der Waals surface area (Å²) in [5.74, 6) is -0.108. The molecule has 8 heteroatoms. The van der Waals surface area contributed by atoms with Gasteiger partial charge in [0.05, 0.1) is 6.10 Å². The van der Waals surface area contributed by atoms with E-state index in [1.165, 1.54) is 0 Å². The summed E-state index contributed by atoms with van der Waals surface area (Å²) >= 11 is 0. The first-order valence-electron chi connectivity index (χ1n) is 13.2. The lowest BCUT2D eigenvalue weighted by molar-refractivity contribution is -0.138. The molecule has 1 unspecified atom stereocenters. The summed E-state index contributed by atoms with van der Waals surface area (Å²) in [6.07, 6.45) is 0.223. The second kappa shape index (κ2) is 10.5. The molecule has 3 aliphatic heterocycles. The number of ketones is 1. The van der Waals surface area contributed by atoms with Crippen LogP contribution in [0.5, 0.6) is 0 Å². The van der Waals surface area contributed by atoms with Crippen LogP contribution in [0.15, 0.2) is 24.3 Å². The number of Topliss-reactive ketones (excluding diaryl/α,β-unsaturated/α-hetero) is 1. The first-order valence-corrected chi connectivity index (χ1v) is 13.2. The SMILES string of the molecule is CC(C)[C@H]1CN(C(=O)C(CC(C)(C)C)NC(=O)c2ccc(N3CCN(C)CC3)cc2)[C@@H]2C(=O)CO[C@H]12. The zero-order valence-electron chi connectivity index (χ0n) is 22.6. The summed E-state index contributed by atoms with van der Waals surface area (Å²) in [5.41, 5.74) is 1.44. The summed E-state index contributed by atoms with van der Waals surface area (Å²) in [6.45, 7) is 14.8. The van der Waals surface area contributed by atoms with E-state index < -0.39 is 12.1 Å². The number of carbonyl (C=O) groups excluding carboxylic acids is 3. The number of hydrogen-bond donors (Lipinski definition) is 1. The number of hydrogen-bond acceptors (Lipinski definition) is 6. The van der Waals surface area contributed by atoms with Gasteiger partial charge < -0.3 is 24.8 Å². The first-order chi connectivity index (χ1) is 16.9. The normalized spacial score (nSPS) is 25.9. The van der Waals surface area contributed by atoms with Crippen LogP contribution in [-0.2, 0) is 14.3 Å². The van der Waals surface area contributed by atoms with Crippen molar-refractivity contribution in [3.63, 3.8) is 0 Å². The fourth-order valence-electron chi connectivity index (χ4n) is 5.65. The maximum absolute atomic E-state index is 13.8. The van der Waals surface area contributed by atoms with Crippen LogP contribution in [0, 0.1) is 17.3 Å². The van der Waals surface area contributed by atoms with E-state index in [0.717, 1.165) is 31.9 Å². The number of rotatable bonds is 6. The monoisotopic (exact) mass is 498 g/mol. The molecule has 0 aliphatic carbocycles. The van der Waals surface area contributed by atoms with Crippen LogP contribution in [0.2, 0.25) is 0 Å². The highest BCUT2D eigenvalue weighted by Crippen LogP contribution is 2.37. The Labute approximate surface area is 215 Å². The standard InChI is InChI=1S/C28H42N4O4/c1-18(2)21-16-32(24-23(33)17-36-25(21)24)27(35)22(15-28(3,4)5)29-26(34)19-7-9-20(10-8-19)31-13-11-30(6)12-14-31/h7-10,18,21-22,24-25H,11-17H2,1-6H3,(H,29,34)/t21-,22?,24-,25-/m1/s1. The Morgan fingerprint density at radius 2 is 1.72 bits per heavy atom. The predicted octanol–water partition coefficient (Wildman–Crippen LogP) is 2.42. The van der Waals surface area contributed by atoms with Gasteiger partial charge in [0.1, 0.15) is 18.7 Å². The van der Waals surface area contributed by atoms with Gasteiger partial charge in [-0.3, -0.25) is 14.4 Å². The number of fused-ring (bicyclic) bond motifs is 1. The summed E-state index contributed by atoms with van der Waals surface area (Å²) in [5, 5.41) is 3.01. The lowest BCUT2D eigenvalue weighted by atomic mass is 9.87. The highest BCUT2D eigenvalue weighted by atomic mass is 16.5. The van der Waals surface area contributed by atoms with E-state index in [1.54, 1.807) is 4.90 Å². The molecule has 0 aromatic heterocycles. The number of amides is 2. The topological polar surface area (TPSA) is 82.2 Å². The van der Waals surface area contributed by atoms with Crippen LogP contribution in [0.25, 0.3) is 0 Å². The number of nitrogens with one attached hydrogen (secondary N) is 1. The van der Waals surface area contributed by atoms with E-state index >= 15 is 0 Å². The molecule has 198 valence electrons. The molecule has 3 saturated heterocycles. The van der Waals surface area contributed by atoms with E-state index in [2.05, 4.69) is 56.8 Å². The van der Waals surface area contributed by atoms with Gasteiger partial charge in [-0.2, -0.15) is 0 Å². The van der Waals surface area contributed by atoms with E-state index in [4.69, 9.17) is 4.74 Å². The molecule has 0 bridgehead atoms. The molecule has 0 spiro atoms. The van der Waals surface area contributed by atoms with Crippen molar-refractivity contribution in [3.05, 3.63) is 29.8 Å². The van der Waals surface area contributed by atoms with E-state index in [9.17, 15) is 14.4 Å². The quantitative estimate of drug-likeness (QED) is 0.649. The molecule has 2 amide bonds. The molecule has 4 atom stereocenters. The van der Waals surface area contributed by atoms with Crippen molar-refractivity contribution in [2.45, 2.75) is 59.2 Å². The molecular formula is C28H42N4O4. The molecule has 3 heterocycles. The van der Waals surface area contributed by atoms with Crippen LogP contribution in [0.3, 0.4) is 0 Å². The minimum absolute atomic E-state index is 0.0446. The maximum atomic E-state index is 13.8. The van der Waals surface area contributed by atoms with Gasteiger partial charge in [0, 0.05) is 49.9 Å². The van der Waals surface area contributed by atoms with Gasteiger partial charge in [-0.1, -0.05) is 34.6 Å². The van der Waals surface area contributed by atoms with Gasteiger partial charge in [-0.25, -0.2) is 0 Å². The lowest BCUT2D eigenvalue weighted by Crippen LogP contribution is -2.53. The minimum atomic E-state index is -0.713. The van der Waals surface area contributed by atoms with E-state index in [1.807, 2.05) is 24.3 Å². The predicted molar refractivity (Wildman–Crippen MR) is 140 cm³/mol. The number of carbonyl (C=O) groups is 3. The summed E-state index contributed by atoms with van der Waals surface area (Å²) in [7, 11) is 2.13. The second-order valence-electron chi connectivity index (χ2n) is 12.2. The van der Waals surface area contributed by atoms with Crippen LogP contribution < -0.4 is 10.2 Å². The second-order valence-corrected chi connectivity index (χ2v) is 12.2. The third-order valence-electron chi connectivity index (χ3n) is 7.78. The van der Waals surface area contributed by atoms with Gasteiger partial charge in [-0.15, -0.1) is 0 Å². The average molecular weight is 499 g/mol. The summed E-state index contributed by atoms with van der Waals surface area (Å²) in [4.78, 5) is 46.1. The van der Waals surface area contributed by atoms with Crippen molar-refractivity contribution < 1.29 is 19.1 Å². The van der Waals surface area contributed by atoms with E-state index in [0.29, 0.717) is 18.5 Å². The molecule has 8 nitrogen and oxygen atoms in total. The van der Waals surface area contributed by atoms with Crippen LogP contribution in [0.1, 0.15) is 51.4 Å². The van der Waals surface area contributed by atoms with E-state index in [-0.39, 0.29) is 47.6 Å². The fourth-order valence-corrected chi connectivity index (χ4v) is 5.65. The Bertz CT molecular complexity index is 963. The highest BCUT2D eigenvalue weighted by Gasteiger charge is 2.53. The number of piperazine rings is 1. The Balaban J connectivity index is 1.49.